The smallest absolute Gasteiger partial charge is 0.226 e. The normalized spacial score (nSPS) is 24.2. The van der Waals surface area contributed by atoms with Crippen molar-refractivity contribution in [2.24, 2.45) is 0 Å². The van der Waals surface area contributed by atoms with Crippen molar-refractivity contribution in [3.8, 4) is 5.75 Å². The van der Waals surface area contributed by atoms with Gasteiger partial charge in [0.15, 0.2) is 17.7 Å². The third-order valence-corrected chi connectivity index (χ3v) is 4.87. The van der Waals surface area contributed by atoms with Crippen LogP contribution >= 0.6 is 0 Å². The summed E-state index contributed by atoms with van der Waals surface area (Å²) in [5, 5.41) is 42.0. The number of aliphatic hydroxyl groups excluding tert-OH is 3. The van der Waals surface area contributed by atoms with E-state index < -0.39 is 31.1 Å². The molecule has 7 N–H and O–H groups in total. The fraction of sp³-hybridized carbons (Fsp3) is 0.389. The summed E-state index contributed by atoms with van der Waals surface area (Å²) in [4.78, 5) is 12.8. The Hall–Kier alpha value is -2.99. The van der Waals surface area contributed by atoms with E-state index in [0.29, 0.717) is 24.1 Å². The second-order valence-electron chi connectivity index (χ2n) is 6.83. The Morgan fingerprint density at radius 2 is 1.90 bits per heavy atom. The Morgan fingerprint density at radius 1 is 1.14 bits per heavy atom. The van der Waals surface area contributed by atoms with Gasteiger partial charge in [-0.3, -0.25) is 4.57 Å². The standard InChI is InChI=1S/C18H22N6O5/c19-15-12-16(24(8-21-12)17-14(28)13(27)11(7-25)29-17)23-18(22-15)20-6-5-9-1-3-10(26)4-2-9/h1-4,8,11,13-14,17,25-28H,5-7H2,(H3,19,20,22,23)/t11-,13-,14-,17-/m1/s1. The van der Waals surface area contributed by atoms with Crippen molar-refractivity contribution in [3.63, 3.8) is 0 Å². The van der Waals surface area contributed by atoms with Gasteiger partial charge in [-0.25, -0.2) is 4.98 Å². The van der Waals surface area contributed by atoms with Gasteiger partial charge in [-0.2, -0.15) is 9.97 Å². The summed E-state index contributed by atoms with van der Waals surface area (Å²) in [5.41, 5.74) is 7.70. The number of nitrogens with zero attached hydrogens (tertiary/aromatic N) is 4. The van der Waals surface area contributed by atoms with E-state index in [1.54, 1.807) is 12.1 Å². The highest BCUT2D eigenvalue weighted by atomic mass is 16.6. The zero-order valence-corrected chi connectivity index (χ0v) is 15.4. The number of nitrogens with one attached hydrogen (secondary N) is 1. The molecule has 3 aromatic rings. The van der Waals surface area contributed by atoms with E-state index in [-0.39, 0.29) is 17.5 Å². The highest BCUT2D eigenvalue weighted by Gasteiger charge is 2.44. The first-order valence-corrected chi connectivity index (χ1v) is 9.12. The lowest BCUT2D eigenvalue weighted by Crippen LogP contribution is -2.33. The number of ether oxygens (including phenoxy) is 1. The van der Waals surface area contributed by atoms with Crippen LogP contribution < -0.4 is 11.1 Å². The summed E-state index contributed by atoms with van der Waals surface area (Å²) in [6, 6.07) is 6.89. The Balaban J connectivity index is 1.54. The zero-order valence-electron chi connectivity index (χ0n) is 15.4. The van der Waals surface area contributed by atoms with Crippen molar-refractivity contribution in [2.75, 3.05) is 24.2 Å². The lowest BCUT2D eigenvalue weighted by molar-refractivity contribution is -0.0511. The molecule has 11 heteroatoms. The number of anilines is 2. The molecule has 0 unspecified atom stereocenters. The molecule has 0 bridgehead atoms. The van der Waals surface area contributed by atoms with Crippen molar-refractivity contribution >= 4 is 22.9 Å². The Morgan fingerprint density at radius 3 is 2.59 bits per heavy atom. The van der Waals surface area contributed by atoms with E-state index in [4.69, 9.17) is 10.5 Å². The highest BCUT2D eigenvalue weighted by molar-refractivity contribution is 5.83. The van der Waals surface area contributed by atoms with E-state index in [2.05, 4.69) is 20.3 Å². The topological polar surface area (TPSA) is 172 Å². The average Bonchev–Trinajstić information content (AvgIpc) is 3.25. The van der Waals surface area contributed by atoms with Crippen LogP contribution in [0, 0.1) is 0 Å². The maximum atomic E-state index is 10.3. The quantitative estimate of drug-likeness (QED) is 0.312. The number of rotatable bonds is 6. The second kappa shape index (κ2) is 7.79. The van der Waals surface area contributed by atoms with Gasteiger partial charge in [0.25, 0.3) is 0 Å². The Kier molecular flexibility index (Phi) is 5.20. The molecule has 4 rings (SSSR count). The molecule has 2 aromatic heterocycles. The van der Waals surface area contributed by atoms with Crippen molar-refractivity contribution in [1.82, 2.24) is 19.5 Å². The van der Waals surface area contributed by atoms with Crippen LogP contribution in [-0.4, -0.2) is 71.4 Å². The lowest BCUT2D eigenvalue weighted by atomic mass is 10.1. The molecule has 0 radical (unpaired) electrons. The van der Waals surface area contributed by atoms with Crippen molar-refractivity contribution in [2.45, 2.75) is 31.0 Å². The summed E-state index contributed by atoms with van der Waals surface area (Å²) >= 11 is 0. The molecule has 0 amide bonds. The fourth-order valence-corrected chi connectivity index (χ4v) is 3.29. The number of hydrogen-bond acceptors (Lipinski definition) is 10. The summed E-state index contributed by atoms with van der Waals surface area (Å²) in [6.45, 7) is 0.0975. The minimum absolute atomic E-state index is 0.160. The Bertz CT molecular complexity index is 994. The van der Waals surface area contributed by atoms with E-state index in [9.17, 15) is 20.4 Å². The second-order valence-corrected chi connectivity index (χ2v) is 6.83. The first-order valence-electron chi connectivity index (χ1n) is 9.12. The molecule has 11 nitrogen and oxygen atoms in total. The minimum atomic E-state index is -1.26. The van der Waals surface area contributed by atoms with Crippen LogP contribution in [0.2, 0.25) is 0 Å². The number of phenolic OH excluding ortho intramolecular Hbond substituents is 1. The molecule has 1 saturated heterocycles. The summed E-state index contributed by atoms with van der Waals surface area (Å²) in [5.74, 6) is 0.649. The summed E-state index contributed by atoms with van der Waals surface area (Å²) in [7, 11) is 0. The number of imidazole rings is 1. The summed E-state index contributed by atoms with van der Waals surface area (Å²) < 4.78 is 7.01. The number of aliphatic hydroxyl groups is 3. The number of aromatic nitrogens is 4. The van der Waals surface area contributed by atoms with Crippen molar-refractivity contribution in [1.29, 1.82) is 0 Å². The van der Waals surface area contributed by atoms with E-state index in [1.807, 2.05) is 12.1 Å². The largest absolute Gasteiger partial charge is 0.508 e. The minimum Gasteiger partial charge on any atom is -0.508 e. The molecular weight excluding hydrogens is 380 g/mol. The van der Waals surface area contributed by atoms with Crippen LogP contribution in [0.1, 0.15) is 11.8 Å². The van der Waals surface area contributed by atoms with Crippen molar-refractivity contribution < 1.29 is 25.2 Å². The molecule has 1 aromatic carbocycles. The predicted molar refractivity (Wildman–Crippen MR) is 103 cm³/mol. The van der Waals surface area contributed by atoms with E-state index in [0.717, 1.165) is 5.56 Å². The lowest BCUT2D eigenvalue weighted by Gasteiger charge is -2.16. The van der Waals surface area contributed by atoms with Crippen LogP contribution in [0.15, 0.2) is 30.6 Å². The van der Waals surface area contributed by atoms with Gasteiger partial charge in [0.05, 0.1) is 12.9 Å². The molecule has 154 valence electrons. The van der Waals surface area contributed by atoms with Gasteiger partial charge in [-0.15, -0.1) is 0 Å². The number of nitrogens with two attached hydrogens (primary N) is 1. The van der Waals surface area contributed by atoms with Crippen molar-refractivity contribution in [3.05, 3.63) is 36.2 Å². The zero-order chi connectivity index (χ0) is 20.5. The average molecular weight is 402 g/mol. The monoisotopic (exact) mass is 402 g/mol. The Labute approximate surface area is 165 Å². The number of hydrogen-bond donors (Lipinski definition) is 6. The first-order chi connectivity index (χ1) is 14.0. The fourth-order valence-electron chi connectivity index (χ4n) is 3.29. The number of nitrogen functional groups attached to an aromatic ring is 1. The maximum Gasteiger partial charge on any atom is 0.226 e. The molecule has 29 heavy (non-hydrogen) atoms. The molecule has 0 saturated carbocycles. The maximum absolute atomic E-state index is 10.3. The number of fused-ring (bicyclic) bond motifs is 1. The van der Waals surface area contributed by atoms with Crippen LogP contribution in [-0.2, 0) is 11.2 Å². The number of aromatic hydroxyl groups is 1. The third kappa shape index (κ3) is 3.68. The van der Waals surface area contributed by atoms with Gasteiger partial charge in [-0.1, -0.05) is 12.1 Å². The SMILES string of the molecule is Nc1nc(NCCc2ccc(O)cc2)nc2c1ncn2[C@@H]1O[C@H](CO)[C@@H](O)[C@H]1O. The van der Waals surface area contributed by atoms with Crippen LogP contribution in [0.25, 0.3) is 11.2 Å². The molecule has 1 aliphatic rings. The molecule has 1 fully saturated rings. The molecule has 3 heterocycles. The predicted octanol–water partition coefficient (Wildman–Crippen LogP) is -0.620. The van der Waals surface area contributed by atoms with Gasteiger partial charge in [0, 0.05) is 6.54 Å². The van der Waals surface area contributed by atoms with Crippen LogP contribution in [0.4, 0.5) is 11.8 Å². The van der Waals surface area contributed by atoms with Gasteiger partial charge in [0.1, 0.15) is 29.6 Å². The van der Waals surface area contributed by atoms with Gasteiger partial charge >= 0.3 is 0 Å². The highest BCUT2D eigenvalue weighted by Crippen LogP contribution is 2.32. The third-order valence-electron chi connectivity index (χ3n) is 4.87. The van der Waals surface area contributed by atoms with E-state index >= 15 is 0 Å². The molecular formula is C18H22N6O5. The molecule has 0 spiro atoms. The number of phenols is 1. The van der Waals surface area contributed by atoms with Gasteiger partial charge < -0.3 is 36.2 Å². The van der Waals surface area contributed by atoms with Crippen LogP contribution in [0.3, 0.4) is 0 Å². The van der Waals surface area contributed by atoms with Gasteiger partial charge in [-0.05, 0) is 24.1 Å². The first kappa shape index (κ1) is 19.3. The van der Waals surface area contributed by atoms with Crippen LogP contribution in [0.5, 0.6) is 5.75 Å². The summed E-state index contributed by atoms with van der Waals surface area (Å²) in [6.07, 6.45) is -2.29. The number of benzene rings is 1. The van der Waals surface area contributed by atoms with Gasteiger partial charge in [0.2, 0.25) is 5.95 Å². The molecule has 0 aliphatic carbocycles. The molecule has 1 aliphatic heterocycles. The molecule has 4 atom stereocenters. The van der Waals surface area contributed by atoms with E-state index in [1.165, 1.54) is 10.9 Å².